The molecule has 3 aliphatic heterocycles. The maximum absolute atomic E-state index is 12.2. The highest BCUT2D eigenvalue weighted by Crippen LogP contribution is 2.17. The second kappa shape index (κ2) is 5.61. The second-order valence-electron chi connectivity index (χ2n) is 5.30. The highest BCUT2D eigenvalue weighted by atomic mass is 35.5. The molecule has 5 nitrogen and oxygen atoms in total. The Bertz CT molecular complexity index is 568. The summed E-state index contributed by atoms with van der Waals surface area (Å²) in [5.41, 5.74) is 0. The van der Waals surface area contributed by atoms with Crippen LogP contribution in [0.3, 0.4) is 0 Å². The molecule has 7 heteroatoms. The van der Waals surface area contributed by atoms with Crippen molar-refractivity contribution in [2.24, 2.45) is 0 Å². The average molecular weight is 316 g/mol. The third-order valence-corrected chi connectivity index (χ3v) is 5.72. The third kappa shape index (κ3) is 2.99. The van der Waals surface area contributed by atoms with Crippen molar-refractivity contribution in [1.29, 1.82) is 0 Å². The Labute approximate surface area is 124 Å². The van der Waals surface area contributed by atoms with Gasteiger partial charge in [0.05, 0.1) is 4.90 Å². The van der Waals surface area contributed by atoms with Crippen molar-refractivity contribution in [3.8, 4) is 0 Å². The molecule has 1 aromatic rings. The van der Waals surface area contributed by atoms with E-state index < -0.39 is 10.0 Å². The van der Waals surface area contributed by atoms with Crippen molar-refractivity contribution in [2.45, 2.75) is 10.9 Å². The smallest absolute Gasteiger partial charge is 0.240 e. The number of rotatable bonds is 4. The van der Waals surface area contributed by atoms with Gasteiger partial charge in [-0.1, -0.05) is 11.6 Å². The first-order valence-electron chi connectivity index (χ1n) is 6.76. The minimum atomic E-state index is -3.45. The number of nitrogens with one attached hydrogen (secondary N) is 1. The van der Waals surface area contributed by atoms with Crippen molar-refractivity contribution in [3.05, 3.63) is 29.3 Å². The molecule has 1 unspecified atom stereocenters. The quantitative estimate of drug-likeness (QED) is 0.885. The lowest BCUT2D eigenvalue weighted by Crippen LogP contribution is -2.63. The van der Waals surface area contributed by atoms with Crippen molar-refractivity contribution in [2.75, 3.05) is 39.3 Å². The molecule has 110 valence electrons. The molecule has 0 radical (unpaired) electrons. The Morgan fingerprint density at radius 2 is 1.80 bits per heavy atom. The number of sulfonamides is 1. The molecule has 1 aromatic carbocycles. The molecule has 0 saturated carbocycles. The van der Waals surface area contributed by atoms with Crippen LogP contribution in [0.15, 0.2) is 29.2 Å². The van der Waals surface area contributed by atoms with Gasteiger partial charge in [0.25, 0.3) is 0 Å². The molecule has 1 atom stereocenters. The fraction of sp³-hybridized carbons (Fsp3) is 0.538. The molecule has 0 aliphatic carbocycles. The summed E-state index contributed by atoms with van der Waals surface area (Å²) in [5, 5.41) is 0.535. The molecule has 3 saturated heterocycles. The Morgan fingerprint density at radius 1 is 1.15 bits per heavy atom. The van der Waals surface area contributed by atoms with Gasteiger partial charge in [-0.15, -0.1) is 0 Å². The molecular formula is C13H18ClN3O2S. The van der Waals surface area contributed by atoms with Crippen LogP contribution in [0.1, 0.15) is 0 Å². The molecule has 3 aliphatic rings. The van der Waals surface area contributed by atoms with E-state index >= 15 is 0 Å². The van der Waals surface area contributed by atoms with Gasteiger partial charge in [-0.3, -0.25) is 9.80 Å². The topological polar surface area (TPSA) is 52.7 Å². The monoisotopic (exact) mass is 315 g/mol. The van der Waals surface area contributed by atoms with E-state index in [2.05, 4.69) is 14.5 Å². The zero-order valence-electron chi connectivity index (χ0n) is 11.1. The Morgan fingerprint density at radius 3 is 2.35 bits per heavy atom. The molecule has 0 aromatic heterocycles. The van der Waals surface area contributed by atoms with E-state index in [-0.39, 0.29) is 10.9 Å². The SMILES string of the molecule is O=S(=O)(NCC1CN2CCN1CC2)c1ccc(Cl)cc1. The van der Waals surface area contributed by atoms with E-state index in [1.807, 2.05) is 0 Å². The number of halogens is 1. The molecule has 20 heavy (non-hydrogen) atoms. The lowest BCUT2D eigenvalue weighted by Gasteiger charge is -2.47. The molecule has 3 fully saturated rings. The highest BCUT2D eigenvalue weighted by Gasteiger charge is 2.32. The summed E-state index contributed by atoms with van der Waals surface area (Å²) in [4.78, 5) is 5.02. The van der Waals surface area contributed by atoms with Crippen LogP contribution < -0.4 is 4.72 Å². The molecule has 0 spiro atoms. The Hall–Kier alpha value is -0.660. The number of piperazine rings is 3. The standard InChI is InChI=1S/C13H18ClN3O2S/c14-11-1-3-13(4-2-11)20(18,19)15-9-12-10-16-5-7-17(12)8-6-16/h1-4,12,15H,5-10H2. The van der Waals surface area contributed by atoms with Crippen LogP contribution in [0.5, 0.6) is 0 Å². The van der Waals surface area contributed by atoms with Crippen LogP contribution in [-0.4, -0.2) is 63.5 Å². The van der Waals surface area contributed by atoms with Crippen LogP contribution in [0.4, 0.5) is 0 Å². The van der Waals surface area contributed by atoms with Gasteiger partial charge in [-0.2, -0.15) is 0 Å². The van der Waals surface area contributed by atoms with E-state index in [0.717, 1.165) is 32.7 Å². The fourth-order valence-electron chi connectivity index (χ4n) is 2.82. The first-order chi connectivity index (χ1) is 9.54. The largest absolute Gasteiger partial charge is 0.299 e. The molecule has 1 N–H and O–H groups in total. The van der Waals surface area contributed by atoms with E-state index in [1.54, 1.807) is 12.1 Å². The van der Waals surface area contributed by atoms with Gasteiger partial charge in [0.15, 0.2) is 0 Å². The summed E-state index contributed by atoms with van der Waals surface area (Å²) in [7, 11) is -3.45. The van der Waals surface area contributed by atoms with E-state index in [0.29, 0.717) is 11.6 Å². The molecule has 4 rings (SSSR count). The minimum absolute atomic E-state index is 0.262. The minimum Gasteiger partial charge on any atom is -0.299 e. The first kappa shape index (κ1) is 14.3. The number of benzene rings is 1. The fourth-order valence-corrected chi connectivity index (χ4v) is 4.02. The molecule has 2 bridgehead atoms. The highest BCUT2D eigenvalue weighted by molar-refractivity contribution is 7.89. The van der Waals surface area contributed by atoms with Gasteiger partial charge in [0.1, 0.15) is 0 Å². The van der Waals surface area contributed by atoms with Gasteiger partial charge in [0, 0.05) is 50.3 Å². The van der Waals surface area contributed by atoms with Gasteiger partial charge < -0.3 is 0 Å². The average Bonchev–Trinajstić information content (AvgIpc) is 2.47. The van der Waals surface area contributed by atoms with E-state index in [1.165, 1.54) is 12.1 Å². The predicted octanol–water partition coefficient (Wildman–Crippen LogP) is 0.618. The number of hydrogen-bond acceptors (Lipinski definition) is 4. The van der Waals surface area contributed by atoms with Crippen LogP contribution in [0, 0.1) is 0 Å². The third-order valence-electron chi connectivity index (χ3n) is 4.03. The van der Waals surface area contributed by atoms with E-state index in [9.17, 15) is 8.42 Å². The maximum Gasteiger partial charge on any atom is 0.240 e. The summed E-state index contributed by atoms with van der Waals surface area (Å²) in [6, 6.07) is 6.52. The summed E-state index contributed by atoms with van der Waals surface area (Å²) < 4.78 is 27.1. The summed E-state index contributed by atoms with van der Waals surface area (Å²) in [6.45, 7) is 5.67. The predicted molar refractivity (Wildman–Crippen MR) is 78.4 cm³/mol. The van der Waals surface area contributed by atoms with E-state index in [4.69, 9.17) is 11.6 Å². The number of fused-ring (bicyclic) bond motifs is 3. The van der Waals surface area contributed by atoms with Gasteiger partial charge in [-0.25, -0.2) is 13.1 Å². The van der Waals surface area contributed by atoms with Crippen molar-refractivity contribution < 1.29 is 8.42 Å². The lowest BCUT2D eigenvalue weighted by atomic mass is 10.1. The van der Waals surface area contributed by atoms with Crippen molar-refractivity contribution >= 4 is 21.6 Å². The van der Waals surface area contributed by atoms with Crippen molar-refractivity contribution in [3.63, 3.8) is 0 Å². The van der Waals surface area contributed by atoms with Gasteiger partial charge in [-0.05, 0) is 24.3 Å². The van der Waals surface area contributed by atoms with Crippen LogP contribution in [0.2, 0.25) is 5.02 Å². The molecule has 0 amide bonds. The lowest BCUT2D eigenvalue weighted by molar-refractivity contribution is 0.0158. The summed E-state index contributed by atoms with van der Waals surface area (Å²) in [6.07, 6.45) is 0. The first-order valence-corrected chi connectivity index (χ1v) is 8.62. The number of nitrogens with zero attached hydrogens (tertiary/aromatic N) is 2. The maximum atomic E-state index is 12.2. The van der Waals surface area contributed by atoms with Crippen LogP contribution in [0.25, 0.3) is 0 Å². The second-order valence-corrected chi connectivity index (χ2v) is 7.50. The van der Waals surface area contributed by atoms with Crippen LogP contribution in [-0.2, 0) is 10.0 Å². The number of hydrogen-bond donors (Lipinski definition) is 1. The Balaban J connectivity index is 1.64. The normalized spacial score (nSPS) is 29.6. The zero-order chi connectivity index (χ0) is 14.2. The summed E-state index contributed by atoms with van der Waals surface area (Å²) >= 11 is 5.78. The van der Waals surface area contributed by atoms with Crippen molar-refractivity contribution in [1.82, 2.24) is 14.5 Å². The summed E-state index contributed by atoms with van der Waals surface area (Å²) in [5.74, 6) is 0. The molecule has 3 heterocycles. The zero-order valence-corrected chi connectivity index (χ0v) is 12.7. The Kier molecular flexibility index (Phi) is 4.01. The molecular weight excluding hydrogens is 298 g/mol. The van der Waals surface area contributed by atoms with Gasteiger partial charge in [0.2, 0.25) is 10.0 Å². The van der Waals surface area contributed by atoms with Gasteiger partial charge >= 0.3 is 0 Å². The van der Waals surface area contributed by atoms with Crippen LogP contribution >= 0.6 is 11.6 Å².